The highest BCUT2D eigenvalue weighted by Crippen LogP contribution is 2.07. The molecular formula is C8H7BrN4. The minimum Gasteiger partial charge on any atom is -0.258 e. The number of rotatable bonds is 1. The molecule has 2 rings (SSSR count). The molecule has 0 radical (unpaired) electrons. The lowest BCUT2D eigenvalue weighted by Gasteiger charge is -1.98. The lowest BCUT2D eigenvalue weighted by molar-refractivity contribution is 0.833. The monoisotopic (exact) mass is 245 g/mol. The van der Waals surface area contributed by atoms with Crippen molar-refractivity contribution in [2.45, 2.75) is 6.85 Å². The van der Waals surface area contributed by atoms with E-state index in [-0.39, 0.29) is 16.6 Å². The Balaban J connectivity index is 2.70. The maximum Gasteiger partial charge on any atom is 0.172 e. The highest BCUT2D eigenvalue weighted by Gasteiger charge is 1.99. The van der Waals surface area contributed by atoms with Gasteiger partial charge in [-0.05, 0) is 28.3 Å². The number of aromatic nitrogens is 4. The molecular weight excluding hydrogens is 232 g/mol. The fourth-order valence-electron chi connectivity index (χ4n) is 0.718. The predicted molar refractivity (Wildman–Crippen MR) is 51.6 cm³/mol. The second-order valence-corrected chi connectivity index (χ2v) is 2.82. The Kier molecular flexibility index (Phi) is 0.875. The first kappa shape index (κ1) is 3.49. The molecule has 0 aliphatic carbocycles. The first-order valence-corrected chi connectivity index (χ1v) is 4.00. The minimum atomic E-state index is -2.66. The summed E-state index contributed by atoms with van der Waals surface area (Å²) in [6.07, 6.45) is -1.84. The van der Waals surface area contributed by atoms with Crippen molar-refractivity contribution in [1.82, 2.24) is 19.7 Å². The fraction of sp³-hybridized carbons (Fsp3) is 0.125. The van der Waals surface area contributed by atoms with Crippen LogP contribution in [0.4, 0.5) is 0 Å². The van der Waals surface area contributed by atoms with Crippen LogP contribution in [0.1, 0.15) is 15.2 Å². The quantitative estimate of drug-likeness (QED) is 0.769. The smallest absolute Gasteiger partial charge is 0.172 e. The summed E-state index contributed by atoms with van der Waals surface area (Å²) in [5, 5.41) is 3.61. The summed E-state index contributed by atoms with van der Waals surface area (Å²) in [6, 6.07) is 0. The zero-order valence-corrected chi connectivity index (χ0v) is 7.75. The van der Waals surface area contributed by atoms with Gasteiger partial charge in [0.05, 0.1) is 24.0 Å². The van der Waals surface area contributed by atoms with Crippen molar-refractivity contribution in [3.63, 3.8) is 0 Å². The molecule has 0 amide bonds. The summed E-state index contributed by atoms with van der Waals surface area (Å²) < 4.78 is 52.9. The molecule has 0 unspecified atom stereocenters. The molecule has 0 bridgehead atoms. The molecule has 66 valence electrons. The van der Waals surface area contributed by atoms with Gasteiger partial charge < -0.3 is 0 Å². The minimum absolute atomic E-state index is 0.0281. The summed E-state index contributed by atoms with van der Waals surface area (Å²) >= 11 is 2.96. The highest BCUT2D eigenvalue weighted by molar-refractivity contribution is 9.10. The SMILES string of the molecule is [2H]c1nc([2H])c(-n2nc([2H])c(C([2H])([2H])[2H])c2[2H])nc1Br. The van der Waals surface area contributed by atoms with Crippen molar-refractivity contribution in [2.75, 3.05) is 0 Å². The first-order valence-electron chi connectivity index (χ1n) is 6.70. The van der Waals surface area contributed by atoms with E-state index < -0.39 is 30.9 Å². The Morgan fingerprint density at radius 2 is 2.46 bits per heavy atom. The van der Waals surface area contributed by atoms with Crippen LogP contribution in [0, 0.1) is 6.85 Å². The van der Waals surface area contributed by atoms with Crippen LogP contribution in [0.2, 0.25) is 0 Å². The maximum atomic E-state index is 7.79. The second kappa shape index (κ2) is 3.26. The highest BCUT2D eigenvalue weighted by atomic mass is 79.9. The molecule has 2 aromatic rings. The van der Waals surface area contributed by atoms with Crippen LogP contribution in [0.15, 0.2) is 29.3 Å². The number of halogens is 1. The van der Waals surface area contributed by atoms with E-state index in [9.17, 15) is 0 Å². The molecule has 0 saturated carbocycles. The van der Waals surface area contributed by atoms with Crippen LogP contribution in [-0.4, -0.2) is 19.7 Å². The summed E-state index contributed by atoms with van der Waals surface area (Å²) in [6.45, 7) is -2.66. The molecule has 0 aliphatic rings. The lowest BCUT2D eigenvalue weighted by atomic mass is 10.4. The van der Waals surface area contributed by atoms with Gasteiger partial charge in [0.25, 0.3) is 0 Å². The van der Waals surface area contributed by atoms with Gasteiger partial charge >= 0.3 is 0 Å². The number of hydrogen-bond donors (Lipinski definition) is 0. The van der Waals surface area contributed by atoms with E-state index in [0.29, 0.717) is 0 Å². The van der Waals surface area contributed by atoms with E-state index in [1.807, 2.05) is 0 Å². The lowest BCUT2D eigenvalue weighted by Crippen LogP contribution is -1.98. The van der Waals surface area contributed by atoms with Crippen molar-refractivity contribution in [1.29, 1.82) is 0 Å². The van der Waals surface area contributed by atoms with Gasteiger partial charge in [-0.25, -0.2) is 9.67 Å². The molecule has 0 aromatic carbocycles. The van der Waals surface area contributed by atoms with Crippen LogP contribution < -0.4 is 0 Å². The first-order chi connectivity index (χ1) is 9.12. The third-order valence-corrected chi connectivity index (χ3v) is 1.54. The molecule has 0 atom stereocenters. The maximum absolute atomic E-state index is 7.79. The van der Waals surface area contributed by atoms with Crippen LogP contribution in [0.3, 0.4) is 0 Å². The normalized spacial score (nSPS) is 19.0. The Bertz CT molecular complexity index is 680. The Hall–Kier alpha value is -1.23. The van der Waals surface area contributed by atoms with Gasteiger partial charge in [-0.15, -0.1) is 0 Å². The zero-order chi connectivity index (χ0) is 15.2. The van der Waals surface area contributed by atoms with E-state index in [4.69, 9.17) is 9.60 Å². The van der Waals surface area contributed by atoms with Crippen LogP contribution in [-0.2, 0) is 0 Å². The van der Waals surface area contributed by atoms with Gasteiger partial charge in [-0.2, -0.15) is 5.10 Å². The van der Waals surface area contributed by atoms with Gasteiger partial charge in [0.15, 0.2) is 5.82 Å². The molecule has 0 saturated heterocycles. The Labute approximate surface area is 93.6 Å². The molecule has 13 heavy (non-hydrogen) atoms. The van der Waals surface area contributed by atoms with Crippen molar-refractivity contribution < 1.29 is 9.60 Å². The van der Waals surface area contributed by atoms with Gasteiger partial charge in [0.2, 0.25) is 0 Å². The standard InChI is InChI=1S/C8H7BrN4/c1-6-2-11-13(5-6)8-4-10-3-7(9)12-8/h2-5H,1H3/i1D3,2D,3D,4D,5D. The zero-order valence-electron chi connectivity index (χ0n) is 13.2. The Morgan fingerprint density at radius 3 is 3.23 bits per heavy atom. The topological polar surface area (TPSA) is 43.6 Å². The van der Waals surface area contributed by atoms with E-state index in [1.165, 1.54) is 0 Å². The third kappa shape index (κ3) is 1.75. The van der Waals surface area contributed by atoms with Gasteiger partial charge in [-0.3, -0.25) is 4.98 Å². The van der Waals surface area contributed by atoms with Crippen molar-refractivity contribution in [2.24, 2.45) is 0 Å². The molecule has 5 heteroatoms. The van der Waals surface area contributed by atoms with Crippen LogP contribution in [0.25, 0.3) is 5.82 Å². The van der Waals surface area contributed by atoms with Crippen LogP contribution >= 0.6 is 15.9 Å². The van der Waals surface area contributed by atoms with Crippen molar-refractivity contribution >= 4 is 15.9 Å². The van der Waals surface area contributed by atoms with Crippen molar-refractivity contribution in [3.8, 4) is 5.82 Å². The molecule has 0 spiro atoms. The summed E-state index contributed by atoms with van der Waals surface area (Å²) in [4.78, 5) is 7.40. The average molecular weight is 246 g/mol. The van der Waals surface area contributed by atoms with Gasteiger partial charge in [0.1, 0.15) is 4.60 Å². The number of nitrogens with zero attached hydrogens (tertiary/aromatic N) is 4. The van der Waals surface area contributed by atoms with Crippen LogP contribution in [0.5, 0.6) is 0 Å². The summed E-state index contributed by atoms with van der Waals surface area (Å²) in [7, 11) is 0. The van der Waals surface area contributed by atoms with E-state index in [0.717, 1.165) is 4.68 Å². The fourth-order valence-corrected chi connectivity index (χ4v) is 0.975. The molecule has 0 fully saturated rings. The van der Waals surface area contributed by atoms with E-state index in [1.54, 1.807) is 0 Å². The second-order valence-electron chi connectivity index (χ2n) is 2.07. The molecule has 0 aliphatic heterocycles. The van der Waals surface area contributed by atoms with E-state index >= 15 is 0 Å². The largest absolute Gasteiger partial charge is 0.258 e. The number of hydrogen-bond acceptors (Lipinski definition) is 3. The van der Waals surface area contributed by atoms with Gasteiger partial charge in [0, 0.05) is 10.3 Å². The van der Waals surface area contributed by atoms with Crippen molar-refractivity contribution in [3.05, 3.63) is 34.9 Å². The van der Waals surface area contributed by atoms with Gasteiger partial charge in [-0.1, -0.05) is 0 Å². The predicted octanol–water partition coefficient (Wildman–Crippen LogP) is 1.73. The summed E-state index contributed by atoms with van der Waals surface area (Å²) in [5.74, 6) is -0.220. The Morgan fingerprint density at radius 1 is 1.54 bits per heavy atom. The molecule has 2 heterocycles. The summed E-state index contributed by atoms with van der Waals surface area (Å²) in [5.41, 5.74) is -0.523. The average Bonchev–Trinajstić information content (AvgIpc) is 2.58. The molecule has 4 nitrogen and oxygen atoms in total. The molecule has 0 N–H and O–H groups in total. The third-order valence-electron chi connectivity index (χ3n) is 1.19. The molecule has 2 aromatic heterocycles. The van der Waals surface area contributed by atoms with E-state index in [2.05, 4.69) is 31.0 Å².